The van der Waals surface area contributed by atoms with Gasteiger partial charge in [-0.1, -0.05) is 38.5 Å². The lowest BCUT2D eigenvalue weighted by atomic mass is 9.89. The second-order valence-corrected chi connectivity index (χ2v) is 7.46. The smallest absolute Gasteiger partial charge is 0.0623 e. The Hall–Kier alpha value is 0.170. The first-order chi connectivity index (χ1) is 10.4. The van der Waals surface area contributed by atoms with Crippen molar-refractivity contribution in [3.05, 3.63) is 0 Å². The number of halogens is 1. The van der Waals surface area contributed by atoms with Crippen molar-refractivity contribution < 1.29 is 4.74 Å². The summed E-state index contributed by atoms with van der Waals surface area (Å²) in [6.07, 6.45) is 14.4. The molecule has 3 aliphatic rings. The molecule has 22 heavy (non-hydrogen) atoms. The number of rotatable bonds is 4. The highest BCUT2D eigenvalue weighted by atomic mass is 35.5. The minimum atomic E-state index is 0. The van der Waals surface area contributed by atoms with Crippen LogP contribution in [0.4, 0.5) is 0 Å². The van der Waals surface area contributed by atoms with Crippen molar-refractivity contribution in [2.45, 2.75) is 76.3 Å². The SMILES string of the molecule is C1CCCC(CNC2CCCC2C2COCCN2)CCC1.Cl. The van der Waals surface area contributed by atoms with Crippen LogP contribution in [0.2, 0.25) is 0 Å². The fourth-order valence-electron chi connectivity index (χ4n) is 4.65. The second kappa shape index (κ2) is 10.1. The van der Waals surface area contributed by atoms with Gasteiger partial charge >= 0.3 is 0 Å². The normalized spacial score (nSPS) is 34.6. The average Bonchev–Trinajstić information content (AvgIpc) is 2.95. The summed E-state index contributed by atoms with van der Waals surface area (Å²) >= 11 is 0. The van der Waals surface area contributed by atoms with Crippen LogP contribution in [0.25, 0.3) is 0 Å². The van der Waals surface area contributed by atoms with Gasteiger partial charge in [-0.05, 0) is 44.1 Å². The molecule has 3 nitrogen and oxygen atoms in total. The van der Waals surface area contributed by atoms with Crippen LogP contribution in [0.5, 0.6) is 0 Å². The number of hydrogen-bond acceptors (Lipinski definition) is 3. The largest absolute Gasteiger partial charge is 0.379 e. The van der Waals surface area contributed by atoms with Crippen LogP contribution < -0.4 is 10.6 Å². The quantitative estimate of drug-likeness (QED) is 0.827. The van der Waals surface area contributed by atoms with E-state index in [9.17, 15) is 0 Å². The second-order valence-electron chi connectivity index (χ2n) is 7.46. The molecular formula is C18H35ClN2O. The summed E-state index contributed by atoms with van der Waals surface area (Å²) in [4.78, 5) is 0. The molecule has 4 heteroatoms. The van der Waals surface area contributed by atoms with Crippen LogP contribution in [-0.2, 0) is 4.74 Å². The Labute approximate surface area is 142 Å². The lowest BCUT2D eigenvalue weighted by molar-refractivity contribution is 0.0521. The third kappa shape index (κ3) is 5.36. The van der Waals surface area contributed by atoms with Gasteiger partial charge in [0.2, 0.25) is 0 Å². The highest BCUT2D eigenvalue weighted by Gasteiger charge is 2.34. The minimum absolute atomic E-state index is 0. The third-order valence-electron chi connectivity index (χ3n) is 5.93. The van der Waals surface area contributed by atoms with E-state index in [-0.39, 0.29) is 12.4 Å². The summed E-state index contributed by atoms with van der Waals surface area (Å²) in [5.74, 6) is 1.72. The first-order valence-corrected chi connectivity index (χ1v) is 9.48. The summed E-state index contributed by atoms with van der Waals surface area (Å²) in [6, 6.07) is 1.32. The highest BCUT2D eigenvalue weighted by molar-refractivity contribution is 5.85. The van der Waals surface area contributed by atoms with Crippen LogP contribution in [0.1, 0.15) is 64.2 Å². The molecule has 2 aliphatic carbocycles. The van der Waals surface area contributed by atoms with Gasteiger partial charge in [-0.15, -0.1) is 12.4 Å². The number of morpholine rings is 1. The van der Waals surface area contributed by atoms with Crippen molar-refractivity contribution in [3.8, 4) is 0 Å². The lowest BCUT2D eigenvalue weighted by Gasteiger charge is -2.33. The van der Waals surface area contributed by atoms with Crippen molar-refractivity contribution in [1.29, 1.82) is 0 Å². The van der Waals surface area contributed by atoms with Gasteiger partial charge in [0, 0.05) is 18.6 Å². The van der Waals surface area contributed by atoms with Gasteiger partial charge in [0.1, 0.15) is 0 Å². The van der Waals surface area contributed by atoms with Gasteiger partial charge in [-0.3, -0.25) is 0 Å². The summed E-state index contributed by atoms with van der Waals surface area (Å²) in [5.41, 5.74) is 0. The molecule has 0 spiro atoms. The Morgan fingerprint density at radius 1 is 0.909 bits per heavy atom. The van der Waals surface area contributed by atoms with Crippen LogP contribution in [-0.4, -0.2) is 38.4 Å². The van der Waals surface area contributed by atoms with Crippen LogP contribution in [0.15, 0.2) is 0 Å². The molecule has 0 amide bonds. The monoisotopic (exact) mass is 330 g/mol. The Morgan fingerprint density at radius 3 is 2.41 bits per heavy atom. The van der Waals surface area contributed by atoms with Gasteiger partial charge in [0.15, 0.2) is 0 Å². The molecule has 1 heterocycles. The Bertz CT molecular complexity index is 289. The molecule has 0 aromatic heterocycles. The number of ether oxygens (including phenoxy) is 1. The van der Waals surface area contributed by atoms with Crippen LogP contribution >= 0.6 is 12.4 Å². The van der Waals surface area contributed by atoms with Gasteiger partial charge in [-0.25, -0.2) is 0 Å². The van der Waals surface area contributed by atoms with Crippen LogP contribution in [0.3, 0.4) is 0 Å². The molecule has 3 fully saturated rings. The fraction of sp³-hybridized carbons (Fsp3) is 1.00. The Morgan fingerprint density at radius 2 is 1.68 bits per heavy atom. The molecule has 0 aromatic carbocycles. The van der Waals surface area contributed by atoms with E-state index < -0.39 is 0 Å². The zero-order chi connectivity index (χ0) is 14.3. The molecule has 0 radical (unpaired) electrons. The van der Waals surface area contributed by atoms with Crippen molar-refractivity contribution >= 4 is 12.4 Å². The van der Waals surface area contributed by atoms with Gasteiger partial charge in [0.25, 0.3) is 0 Å². The fourth-order valence-corrected chi connectivity index (χ4v) is 4.65. The predicted molar refractivity (Wildman–Crippen MR) is 94.8 cm³/mol. The van der Waals surface area contributed by atoms with Crippen molar-refractivity contribution in [2.75, 3.05) is 26.3 Å². The maximum Gasteiger partial charge on any atom is 0.0623 e. The summed E-state index contributed by atoms with van der Waals surface area (Å²) in [7, 11) is 0. The van der Waals surface area contributed by atoms with Gasteiger partial charge in [0.05, 0.1) is 13.2 Å². The van der Waals surface area contributed by atoms with E-state index in [1.165, 1.54) is 70.8 Å². The van der Waals surface area contributed by atoms with Crippen molar-refractivity contribution in [1.82, 2.24) is 10.6 Å². The third-order valence-corrected chi connectivity index (χ3v) is 5.93. The summed E-state index contributed by atoms with van der Waals surface area (Å²) in [5, 5.41) is 7.63. The topological polar surface area (TPSA) is 33.3 Å². The van der Waals surface area contributed by atoms with E-state index in [0.717, 1.165) is 37.6 Å². The summed E-state index contributed by atoms with van der Waals surface area (Å²) < 4.78 is 5.68. The number of nitrogens with one attached hydrogen (secondary N) is 2. The van der Waals surface area contributed by atoms with E-state index in [1.54, 1.807) is 0 Å². The Kier molecular flexibility index (Phi) is 8.52. The molecule has 2 N–H and O–H groups in total. The molecule has 1 aliphatic heterocycles. The Balaban J connectivity index is 0.00000176. The van der Waals surface area contributed by atoms with E-state index in [1.807, 2.05) is 0 Å². The minimum Gasteiger partial charge on any atom is -0.379 e. The molecule has 2 saturated carbocycles. The standard InChI is InChI=1S/C18H34N2O.ClH/c1-2-4-7-15(8-5-3-1)13-20-17-10-6-9-16(17)18-14-21-12-11-19-18;/h15-20H,1-14H2;1H. The number of hydrogen-bond donors (Lipinski definition) is 2. The molecule has 1 saturated heterocycles. The molecule has 0 bridgehead atoms. The highest BCUT2D eigenvalue weighted by Crippen LogP contribution is 2.30. The zero-order valence-corrected chi connectivity index (χ0v) is 14.8. The molecular weight excluding hydrogens is 296 g/mol. The summed E-state index contributed by atoms with van der Waals surface area (Å²) in [6.45, 7) is 4.11. The van der Waals surface area contributed by atoms with E-state index in [0.29, 0.717) is 6.04 Å². The predicted octanol–water partition coefficient (Wildman–Crippen LogP) is 3.52. The van der Waals surface area contributed by atoms with E-state index in [2.05, 4.69) is 10.6 Å². The van der Waals surface area contributed by atoms with Crippen LogP contribution in [0, 0.1) is 11.8 Å². The van der Waals surface area contributed by atoms with Crippen molar-refractivity contribution in [2.24, 2.45) is 11.8 Å². The maximum absolute atomic E-state index is 5.68. The first-order valence-electron chi connectivity index (χ1n) is 9.48. The zero-order valence-electron chi connectivity index (χ0n) is 14.0. The van der Waals surface area contributed by atoms with Gasteiger partial charge in [-0.2, -0.15) is 0 Å². The van der Waals surface area contributed by atoms with Gasteiger partial charge < -0.3 is 15.4 Å². The molecule has 130 valence electrons. The lowest BCUT2D eigenvalue weighted by Crippen LogP contribution is -2.51. The average molecular weight is 331 g/mol. The molecule has 3 atom stereocenters. The van der Waals surface area contributed by atoms with Crippen molar-refractivity contribution in [3.63, 3.8) is 0 Å². The van der Waals surface area contributed by atoms with E-state index >= 15 is 0 Å². The molecule has 0 aromatic rings. The maximum atomic E-state index is 5.68. The first kappa shape index (κ1) is 18.5. The molecule has 3 rings (SSSR count). The molecule has 3 unspecified atom stereocenters. The van der Waals surface area contributed by atoms with E-state index in [4.69, 9.17) is 4.74 Å².